The third-order valence-electron chi connectivity index (χ3n) is 5.64. The second-order valence-electron chi connectivity index (χ2n) is 8.39. The van der Waals surface area contributed by atoms with E-state index in [-0.39, 0.29) is 12.6 Å². The van der Waals surface area contributed by atoms with Crippen LogP contribution in [0.3, 0.4) is 0 Å². The topological polar surface area (TPSA) is 138 Å². The van der Waals surface area contributed by atoms with Crippen molar-refractivity contribution in [1.29, 1.82) is 0 Å². The number of anilines is 3. The first kappa shape index (κ1) is 22.0. The largest absolute Gasteiger partial charge is 0.493 e. The molecule has 0 amide bonds. The Morgan fingerprint density at radius 2 is 1.91 bits per heavy atom. The van der Waals surface area contributed by atoms with Gasteiger partial charge in [0.25, 0.3) is 5.89 Å². The first-order valence-electron chi connectivity index (χ1n) is 10.8. The molecule has 0 saturated carbocycles. The normalized spacial score (nSPS) is 15.1. The van der Waals surface area contributed by atoms with Crippen molar-refractivity contribution < 1.29 is 19.3 Å². The second-order valence-corrected chi connectivity index (χ2v) is 8.39. The molecule has 0 fully saturated rings. The minimum atomic E-state index is -0.998. The molecule has 0 unspecified atom stereocenters. The van der Waals surface area contributed by atoms with Crippen LogP contribution < -0.4 is 16.1 Å². The zero-order valence-corrected chi connectivity index (χ0v) is 18.6. The zero-order valence-electron chi connectivity index (χ0n) is 18.6. The molecular formula is C23H23BN6O4. The number of hydrogen-bond acceptors (Lipinski definition) is 10. The van der Waals surface area contributed by atoms with E-state index in [1.54, 1.807) is 24.4 Å². The summed E-state index contributed by atoms with van der Waals surface area (Å²) in [4.78, 5) is 13.3. The number of aliphatic hydroxyl groups excluding tert-OH is 1. The average Bonchev–Trinajstić information content (AvgIpc) is 3.44. The Bertz CT molecular complexity index is 1290. The third-order valence-corrected chi connectivity index (χ3v) is 5.64. The van der Waals surface area contributed by atoms with E-state index in [9.17, 15) is 10.1 Å². The lowest BCUT2D eigenvalue weighted by atomic mass is 9.80. The fraction of sp³-hybridized carbons (Fsp3) is 0.217. The molecule has 0 aliphatic carbocycles. The first-order chi connectivity index (χ1) is 16.4. The molecule has 4 heterocycles. The maximum atomic E-state index is 10.1. The summed E-state index contributed by atoms with van der Waals surface area (Å²) in [6, 6.07) is 14.6. The molecule has 1 aliphatic heterocycles. The van der Waals surface area contributed by atoms with Gasteiger partial charge in [0.15, 0.2) is 6.33 Å². The number of aromatic nitrogens is 4. The number of benzene rings is 1. The van der Waals surface area contributed by atoms with Crippen LogP contribution in [0.2, 0.25) is 0 Å². The maximum absolute atomic E-state index is 10.1. The summed E-state index contributed by atoms with van der Waals surface area (Å²) in [7, 11) is -0.998. The Balaban J connectivity index is 1.48. The summed E-state index contributed by atoms with van der Waals surface area (Å²) < 4.78 is 10.8. The molecule has 1 atom stereocenters. The van der Waals surface area contributed by atoms with Crippen molar-refractivity contribution in [3.63, 3.8) is 0 Å². The molecule has 10 nitrogen and oxygen atoms in total. The van der Waals surface area contributed by atoms with Crippen LogP contribution >= 0.6 is 0 Å². The van der Waals surface area contributed by atoms with Gasteiger partial charge in [-0.1, -0.05) is 41.6 Å². The van der Waals surface area contributed by atoms with Gasteiger partial charge in [-0.3, -0.25) is 0 Å². The van der Waals surface area contributed by atoms with Gasteiger partial charge in [-0.2, -0.15) is 4.98 Å². The number of fused-ring (bicyclic) bond motifs is 1. The average molecular weight is 458 g/mol. The molecule has 1 aliphatic rings. The molecule has 5 rings (SSSR count). The molecule has 0 bridgehead atoms. The predicted molar refractivity (Wildman–Crippen MR) is 127 cm³/mol. The summed E-state index contributed by atoms with van der Waals surface area (Å²) in [5.41, 5.74) is 2.76. The highest BCUT2D eigenvalue weighted by Gasteiger charge is 2.42. The SMILES string of the molecule is CC1(C)OB(O)c2ccc(Nc3cc(N[C@H](CO)c4ccccc4)c(-c4ncno4)cn3)nc21. The Morgan fingerprint density at radius 1 is 1.09 bits per heavy atom. The number of rotatable bonds is 7. The molecule has 4 aromatic rings. The van der Waals surface area contributed by atoms with Gasteiger partial charge in [0.1, 0.15) is 11.6 Å². The minimum Gasteiger partial charge on any atom is -0.423 e. The molecule has 4 N–H and O–H groups in total. The number of aliphatic hydroxyl groups is 1. The number of hydrogen-bond donors (Lipinski definition) is 4. The van der Waals surface area contributed by atoms with E-state index in [4.69, 9.17) is 9.18 Å². The Kier molecular flexibility index (Phi) is 5.74. The molecule has 0 spiro atoms. The van der Waals surface area contributed by atoms with Crippen LogP contribution in [-0.4, -0.2) is 44.0 Å². The van der Waals surface area contributed by atoms with Gasteiger partial charge < -0.3 is 29.9 Å². The van der Waals surface area contributed by atoms with Crippen molar-refractivity contribution in [3.05, 3.63) is 72.3 Å². The summed E-state index contributed by atoms with van der Waals surface area (Å²) in [5, 5.41) is 30.4. The van der Waals surface area contributed by atoms with Gasteiger partial charge in [0.2, 0.25) is 0 Å². The molecule has 34 heavy (non-hydrogen) atoms. The lowest BCUT2D eigenvalue weighted by Gasteiger charge is -2.20. The van der Waals surface area contributed by atoms with E-state index < -0.39 is 12.7 Å². The minimum absolute atomic E-state index is 0.123. The van der Waals surface area contributed by atoms with Crippen LogP contribution in [-0.2, 0) is 10.3 Å². The lowest BCUT2D eigenvalue weighted by Crippen LogP contribution is -2.28. The van der Waals surface area contributed by atoms with Crippen LogP contribution in [0.25, 0.3) is 11.5 Å². The smallest absolute Gasteiger partial charge is 0.423 e. The summed E-state index contributed by atoms with van der Waals surface area (Å²) >= 11 is 0. The third kappa shape index (κ3) is 4.24. The van der Waals surface area contributed by atoms with Crippen molar-refractivity contribution in [2.45, 2.75) is 25.5 Å². The van der Waals surface area contributed by atoms with Gasteiger partial charge >= 0.3 is 7.12 Å². The molecular weight excluding hydrogens is 435 g/mol. The van der Waals surface area contributed by atoms with Crippen molar-refractivity contribution >= 4 is 29.9 Å². The van der Waals surface area contributed by atoms with E-state index in [2.05, 4.69) is 30.7 Å². The van der Waals surface area contributed by atoms with Crippen LogP contribution in [0.15, 0.2) is 65.6 Å². The van der Waals surface area contributed by atoms with Crippen molar-refractivity contribution in [3.8, 4) is 11.5 Å². The predicted octanol–water partition coefficient (Wildman–Crippen LogP) is 2.37. The monoisotopic (exact) mass is 458 g/mol. The quantitative estimate of drug-likeness (QED) is 0.305. The van der Waals surface area contributed by atoms with Crippen LogP contribution in [0.1, 0.15) is 31.1 Å². The van der Waals surface area contributed by atoms with Crippen molar-refractivity contribution in [2.75, 3.05) is 17.2 Å². The Hall–Kier alpha value is -3.80. The van der Waals surface area contributed by atoms with Crippen molar-refractivity contribution in [2.24, 2.45) is 0 Å². The van der Waals surface area contributed by atoms with Gasteiger partial charge in [-0.15, -0.1) is 0 Å². The van der Waals surface area contributed by atoms with Crippen LogP contribution in [0, 0.1) is 0 Å². The van der Waals surface area contributed by atoms with Crippen LogP contribution in [0.5, 0.6) is 0 Å². The molecule has 0 saturated heterocycles. The van der Waals surface area contributed by atoms with E-state index in [1.807, 2.05) is 44.2 Å². The fourth-order valence-corrected chi connectivity index (χ4v) is 3.96. The zero-order chi connectivity index (χ0) is 23.7. The highest BCUT2D eigenvalue weighted by atomic mass is 16.5. The van der Waals surface area contributed by atoms with Crippen LogP contribution in [0.4, 0.5) is 17.3 Å². The lowest BCUT2D eigenvalue weighted by molar-refractivity contribution is 0.0970. The first-order valence-corrected chi connectivity index (χ1v) is 10.8. The number of nitrogens with one attached hydrogen (secondary N) is 2. The van der Waals surface area contributed by atoms with Gasteiger partial charge in [-0.25, -0.2) is 9.97 Å². The van der Waals surface area contributed by atoms with Gasteiger partial charge in [-0.05, 0) is 25.5 Å². The van der Waals surface area contributed by atoms with Crippen molar-refractivity contribution in [1.82, 2.24) is 20.1 Å². The van der Waals surface area contributed by atoms with Gasteiger partial charge in [0, 0.05) is 17.7 Å². The summed E-state index contributed by atoms with van der Waals surface area (Å²) in [6.45, 7) is 3.59. The standard InChI is InChI=1S/C23H23BN6O4/c1-23(2)21-16(24(32)34-23)8-9-19(30-21)29-20-10-17(15(11-25-20)22-26-13-27-33-22)28-18(12-31)14-6-4-3-5-7-14/h3-11,13,18,31-32H,12H2,1-2H3,(H2,25,28,29,30)/t18-/m1/s1. The fourth-order valence-electron chi connectivity index (χ4n) is 3.96. The Labute approximate surface area is 196 Å². The summed E-state index contributed by atoms with van der Waals surface area (Å²) in [5.74, 6) is 1.37. The molecule has 11 heteroatoms. The van der Waals surface area contributed by atoms with E-state index in [0.717, 1.165) is 5.56 Å². The van der Waals surface area contributed by atoms with E-state index >= 15 is 0 Å². The molecule has 1 aromatic carbocycles. The van der Waals surface area contributed by atoms with Gasteiger partial charge in [0.05, 0.1) is 35.2 Å². The molecule has 172 valence electrons. The van der Waals surface area contributed by atoms with E-state index in [0.29, 0.717) is 39.9 Å². The number of nitrogens with zero attached hydrogens (tertiary/aromatic N) is 4. The number of pyridine rings is 2. The summed E-state index contributed by atoms with van der Waals surface area (Å²) in [6.07, 6.45) is 2.93. The van der Waals surface area contributed by atoms with E-state index in [1.165, 1.54) is 6.33 Å². The Morgan fingerprint density at radius 3 is 2.65 bits per heavy atom. The highest BCUT2D eigenvalue weighted by molar-refractivity contribution is 6.61. The highest BCUT2D eigenvalue weighted by Crippen LogP contribution is 2.33. The molecule has 3 aromatic heterocycles. The molecule has 0 radical (unpaired) electrons. The second kappa shape index (κ2) is 8.86. The maximum Gasteiger partial charge on any atom is 0.493 e.